The van der Waals surface area contributed by atoms with Crippen LogP contribution in [-0.2, 0) is 0 Å². The summed E-state index contributed by atoms with van der Waals surface area (Å²) >= 11 is 0. The third kappa shape index (κ3) is 2.30. The molecule has 0 radical (unpaired) electrons. The fourth-order valence-corrected chi connectivity index (χ4v) is 3.07. The average molecular weight is 263 g/mol. The van der Waals surface area contributed by atoms with Gasteiger partial charge in [0.15, 0.2) is 0 Å². The van der Waals surface area contributed by atoms with Gasteiger partial charge in [-0.2, -0.15) is 0 Å². The Morgan fingerprint density at radius 1 is 0.850 bits per heavy atom. The Labute approximate surface area is 120 Å². The summed E-state index contributed by atoms with van der Waals surface area (Å²) in [5.41, 5.74) is 7.83. The first-order valence-corrected chi connectivity index (χ1v) is 7.33. The van der Waals surface area contributed by atoms with E-state index in [-0.39, 0.29) is 6.04 Å². The Kier molecular flexibility index (Phi) is 3.45. The standard InChI is InChI=1S/C19H21N/c1-13(2)11-18(20)19-16-9-5-3-7-14(16)12-15-8-4-6-10-17(15)19/h3-10,12-13,18H,11,20H2,1-2H3/t18-/m0/s1. The van der Waals surface area contributed by atoms with Gasteiger partial charge in [0.1, 0.15) is 0 Å². The van der Waals surface area contributed by atoms with E-state index in [9.17, 15) is 0 Å². The van der Waals surface area contributed by atoms with Crippen LogP contribution in [0.1, 0.15) is 31.9 Å². The van der Waals surface area contributed by atoms with Gasteiger partial charge in [-0.15, -0.1) is 0 Å². The molecule has 0 aliphatic rings. The summed E-state index contributed by atoms with van der Waals surface area (Å²) in [5.74, 6) is 0.600. The Morgan fingerprint density at radius 3 is 1.85 bits per heavy atom. The van der Waals surface area contributed by atoms with Crippen LogP contribution >= 0.6 is 0 Å². The third-order valence-electron chi connectivity index (χ3n) is 3.91. The largest absolute Gasteiger partial charge is 0.324 e. The first-order valence-electron chi connectivity index (χ1n) is 7.33. The number of rotatable bonds is 3. The quantitative estimate of drug-likeness (QED) is 0.658. The molecule has 1 nitrogen and oxygen atoms in total. The first kappa shape index (κ1) is 13.1. The monoisotopic (exact) mass is 263 g/mol. The highest BCUT2D eigenvalue weighted by atomic mass is 14.6. The van der Waals surface area contributed by atoms with Crippen molar-refractivity contribution >= 4 is 21.5 Å². The molecular formula is C19H21N. The Morgan fingerprint density at radius 2 is 1.35 bits per heavy atom. The van der Waals surface area contributed by atoms with Crippen LogP contribution in [-0.4, -0.2) is 0 Å². The second kappa shape index (κ2) is 5.26. The molecule has 0 amide bonds. The molecule has 1 heteroatoms. The summed E-state index contributed by atoms with van der Waals surface area (Å²) in [5, 5.41) is 5.14. The van der Waals surface area contributed by atoms with E-state index in [1.54, 1.807) is 0 Å². The maximum atomic E-state index is 6.53. The van der Waals surface area contributed by atoms with Crippen molar-refractivity contribution in [3.8, 4) is 0 Å². The van der Waals surface area contributed by atoms with Gasteiger partial charge in [-0.1, -0.05) is 62.4 Å². The predicted octanol–water partition coefficient (Wildman–Crippen LogP) is 5.04. The van der Waals surface area contributed by atoms with Gasteiger partial charge in [0, 0.05) is 6.04 Å². The maximum Gasteiger partial charge on any atom is 0.0309 e. The molecule has 0 aromatic heterocycles. The molecule has 3 aromatic rings. The van der Waals surface area contributed by atoms with Crippen molar-refractivity contribution in [2.45, 2.75) is 26.3 Å². The highest BCUT2D eigenvalue weighted by Gasteiger charge is 2.15. The van der Waals surface area contributed by atoms with E-state index >= 15 is 0 Å². The molecule has 0 aliphatic heterocycles. The van der Waals surface area contributed by atoms with Crippen LogP contribution in [0.15, 0.2) is 54.6 Å². The van der Waals surface area contributed by atoms with E-state index in [2.05, 4.69) is 68.4 Å². The van der Waals surface area contributed by atoms with E-state index in [0.29, 0.717) is 5.92 Å². The fraction of sp³-hybridized carbons (Fsp3) is 0.263. The molecular weight excluding hydrogens is 242 g/mol. The fourth-order valence-electron chi connectivity index (χ4n) is 3.07. The van der Waals surface area contributed by atoms with Crippen LogP contribution in [0.3, 0.4) is 0 Å². The first-order chi connectivity index (χ1) is 9.66. The molecule has 1 atom stereocenters. The molecule has 0 spiro atoms. The topological polar surface area (TPSA) is 26.0 Å². The number of nitrogens with two attached hydrogens (primary N) is 1. The van der Waals surface area contributed by atoms with Gasteiger partial charge in [0.25, 0.3) is 0 Å². The molecule has 20 heavy (non-hydrogen) atoms. The average Bonchev–Trinajstić information content (AvgIpc) is 2.43. The van der Waals surface area contributed by atoms with Crippen molar-refractivity contribution in [1.29, 1.82) is 0 Å². The summed E-state index contributed by atoms with van der Waals surface area (Å²) in [7, 11) is 0. The second-order valence-corrected chi connectivity index (χ2v) is 5.97. The lowest BCUT2D eigenvalue weighted by Crippen LogP contribution is -2.14. The van der Waals surface area contributed by atoms with Crippen molar-refractivity contribution in [2.24, 2.45) is 11.7 Å². The van der Waals surface area contributed by atoms with Crippen molar-refractivity contribution in [2.75, 3.05) is 0 Å². The lowest BCUT2D eigenvalue weighted by Gasteiger charge is -2.19. The van der Waals surface area contributed by atoms with Crippen molar-refractivity contribution in [3.05, 3.63) is 60.2 Å². The van der Waals surface area contributed by atoms with Crippen LogP contribution in [0.4, 0.5) is 0 Å². The molecule has 3 rings (SSSR count). The minimum Gasteiger partial charge on any atom is -0.324 e. The normalized spacial score (nSPS) is 13.2. The Bertz CT molecular complexity index is 689. The summed E-state index contributed by atoms with van der Waals surface area (Å²) in [4.78, 5) is 0. The summed E-state index contributed by atoms with van der Waals surface area (Å²) in [6.45, 7) is 4.46. The van der Waals surface area contributed by atoms with E-state index in [4.69, 9.17) is 5.73 Å². The van der Waals surface area contributed by atoms with Crippen molar-refractivity contribution in [3.63, 3.8) is 0 Å². The minimum atomic E-state index is 0.0889. The lowest BCUT2D eigenvalue weighted by molar-refractivity contribution is 0.514. The number of fused-ring (bicyclic) bond motifs is 2. The van der Waals surface area contributed by atoms with Gasteiger partial charge in [0.05, 0.1) is 0 Å². The lowest BCUT2D eigenvalue weighted by atomic mass is 9.89. The van der Waals surface area contributed by atoms with Crippen molar-refractivity contribution in [1.82, 2.24) is 0 Å². The molecule has 0 saturated heterocycles. The molecule has 0 saturated carbocycles. The molecule has 3 aromatic carbocycles. The third-order valence-corrected chi connectivity index (χ3v) is 3.91. The molecule has 0 bridgehead atoms. The second-order valence-electron chi connectivity index (χ2n) is 5.97. The molecule has 102 valence electrons. The van der Waals surface area contributed by atoms with E-state index < -0.39 is 0 Å². The zero-order chi connectivity index (χ0) is 14.1. The van der Waals surface area contributed by atoms with E-state index in [0.717, 1.165) is 6.42 Å². The van der Waals surface area contributed by atoms with Gasteiger partial charge < -0.3 is 5.73 Å². The molecule has 0 fully saturated rings. The number of hydrogen-bond acceptors (Lipinski definition) is 1. The van der Waals surface area contributed by atoms with Gasteiger partial charge in [-0.3, -0.25) is 0 Å². The zero-order valence-corrected chi connectivity index (χ0v) is 12.1. The Hall–Kier alpha value is -1.86. The molecule has 0 heterocycles. The van der Waals surface area contributed by atoms with Gasteiger partial charge in [-0.25, -0.2) is 0 Å². The maximum absolute atomic E-state index is 6.53. The molecule has 2 N–H and O–H groups in total. The summed E-state index contributed by atoms with van der Waals surface area (Å²) in [6.07, 6.45) is 1.01. The highest BCUT2D eigenvalue weighted by Crippen LogP contribution is 2.34. The SMILES string of the molecule is CC(C)C[C@H](N)c1c2ccccc2cc2ccccc12. The van der Waals surface area contributed by atoms with Crippen LogP contribution in [0.2, 0.25) is 0 Å². The summed E-state index contributed by atoms with van der Waals surface area (Å²) in [6, 6.07) is 19.5. The molecule has 0 unspecified atom stereocenters. The van der Waals surface area contributed by atoms with Crippen LogP contribution in [0, 0.1) is 5.92 Å². The number of benzene rings is 3. The smallest absolute Gasteiger partial charge is 0.0309 e. The van der Waals surface area contributed by atoms with E-state index in [1.807, 2.05) is 0 Å². The van der Waals surface area contributed by atoms with Crippen LogP contribution in [0.25, 0.3) is 21.5 Å². The van der Waals surface area contributed by atoms with Gasteiger partial charge >= 0.3 is 0 Å². The van der Waals surface area contributed by atoms with Crippen LogP contribution < -0.4 is 5.73 Å². The highest BCUT2D eigenvalue weighted by molar-refractivity contribution is 6.02. The van der Waals surface area contributed by atoms with E-state index in [1.165, 1.54) is 27.1 Å². The number of hydrogen-bond donors (Lipinski definition) is 1. The Balaban J connectivity index is 2.33. The van der Waals surface area contributed by atoms with Crippen LogP contribution in [0.5, 0.6) is 0 Å². The molecule has 0 aliphatic carbocycles. The predicted molar refractivity (Wildman–Crippen MR) is 87.8 cm³/mol. The summed E-state index contributed by atoms with van der Waals surface area (Å²) < 4.78 is 0. The zero-order valence-electron chi connectivity index (χ0n) is 12.1. The minimum absolute atomic E-state index is 0.0889. The van der Waals surface area contributed by atoms with Crippen molar-refractivity contribution < 1.29 is 0 Å². The van der Waals surface area contributed by atoms with Gasteiger partial charge in [-0.05, 0) is 45.5 Å². The van der Waals surface area contributed by atoms with Gasteiger partial charge in [0.2, 0.25) is 0 Å².